The lowest BCUT2D eigenvalue weighted by Gasteiger charge is -2.10. The van der Waals surface area contributed by atoms with Gasteiger partial charge in [0, 0.05) is 5.69 Å². The third kappa shape index (κ3) is 4.49. The SMILES string of the molecule is CCCCOc1ccc(NS(=O)(=O)c2ccc(C)cc2)cc1. The number of aryl methyl sites for hydroxylation is 1. The Balaban J connectivity index is 2.05. The van der Waals surface area contributed by atoms with Crippen LogP contribution in [-0.2, 0) is 10.0 Å². The van der Waals surface area contributed by atoms with Gasteiger partial charge < -0.3 is 4.74 Å². The molecule has 4 nitrogen and oxygen atoms in total. The second-order valence-electron chi connectivity index (χ2n) is 5.14. The zero-order valence-electron chi connectivity index (χ0n) is 12.9. The first-order valence-electron chi connectivity index (χ1n) is 7.33. The van der Waals surface area contributed by atoms with Gasteiger partial charge in [0.15, 0.2) is 0 Å². The maximum atomic E-state index is 12.3. The van der Waals surface area contributed by atoms with E-state index in [1.54, 1.807) is 48.5 Å². The number of hydrogen-bond acceptors (Lipinski definition) is 3. The Bertz CT molecular complexity index is 692. The number of sulfonamides is 1. The van der Waals surface area contributed by atoms with Crippen molar-refractivity contribution in [3.05, 3.63) is 54.1 Å². The van der Waals surface area contributed by atoms with E-state index in [1.807, 2.05) is 6.92 Å². The molecule has 0 amide bonds. The van der Waals surface area contributed by atoms with Crippen molar-refractivity contribution in [2.75, 3.05) is 11.3 Å². The van der Waals surface area contributed by atoms with E-state index < -0.39 is 10.0 Å². The molecule has 0 atom stereocenters. The maximum absolute atomic E-state index is 12.3. The Morgan fingerprint density at radius 3 is 2.23 bits per heavy atom. The standard InChI is InChI=1S/C17H21NO3S/c1-3-4-13-21-16-9-7-15(8-10-16)18-22(19,20)17-11-5-14(2)6-12-17/h5-12,18H,3-4,13H2,1-2H3. The van der Waals surface area contributed by atoms with Crippen LogP contribution in [0.3, 0.4) is 0 Å². The van der Waals surface area contributed by atoms with Crippen LogP contribution in [0, 0.1) is 6.92 Å². The first-order chi connectivity index (χ1) is 10.5. The van der Waals surface area contributed by atoms with Crippen molar-refractivity contribution in [3.8, 4) is 5.75 Å². The molecule has 0 unspecified atom stereocenters. The molecule has 0 aromatic heterocycles. The van der Waals surface area contributed by atoms with E-state index in [2.05, 4.69) is 11.6 Å². The summed E-state index contributed by atoms with van der Waals surface area (Å²) in [4.78, 5) is 0.251. The molecule has 0 aliphatic rings. The molecule has 2 aromatic carbocycles. The lowest BCUT2D eigenvalue weighted by atomic mass is 10.2. The molecule has 118 valence electrons. The molecule has 0 saturated heterocycles. The van der Waals surface area contributed by atoms with Gasteiger partial charge in [-0.2, -0.15) is 0 Å². The molecule has 22 heavy (non-hydrogen) atoms. The van der Waals surface area contributed by atoms with E-state index in [0.717, 1.165) is 24.2 Å². The summed E-state index contributed by atoms with van der Waals surface area (Å²) in [6.07, 6.45) is 2.08. The Kier molecular flexibility index (Phi) is 5.44. The average molecular weight is 319 g/mol. The summed E-state index contributed by atoms with van der Waals surface area (Å²) in [5, 5.41) is 0. The highest BCUT2D eigenvalue weighted by molar-refractivity contribution is 7.92. The molecule has 2 aromatic rings. The first kappa shape index (κ1) is 16.4. The van der Waals surface area contributed by atoms with Gasteiger partial charge in [0.05, 0.1) is 11.5 Å². The first-order valence-corrected chi connectivity index (χ1v) is 8.82. The highest BCUT2D eigenvalue weighted by Crippen LogP contribution is 2.20. The van der Waals surface area contributed by atoms with Crippen LogP contribution in [0.15, 0.2) is 53.4 Å². The minimum Gasteiger partial charge on any atom is -0.494 e. The molecule has 0 aliphatic heterocycles. The van der Waals surface area contributed by atoms with Crippen molar-refractivity contribution in [1.82, 2.24) is 0 Å². The summed E-state index contributed by atoms with van der Waals surface area (Å²) in [7, 11) is -3.55. The number of ether oxygens (including phenoxy) is 1. The van der Waals surface area contributed by atoms with Crippen molar-refractivity contribution in [2.45, 2.75) is 31.6 Å². The molecular weight excluding hydrogens is 298 g/mol. The number of benzene rings is 2. The van der Waals surface area contributed by atoms with Gasteiger partial charge in [-0.15, -0.1) is 0 Å². The summed E-state index contributed by atoms with van der Waals surface area (Å²) in [6.45, 7) is 4.69. The molecule has 5 heteroatoms. The van der Waals surface area contributed by atoms with Crippen LogP contribution >= 0.6 is 0 Å². The number of anilines is 1. The monoisotopic (exact) mass is 319 g/mol. The average Bonchev–Trinajstić information content (AvgIpc) is 2.49. The zero-order chi connectivity index (χ0) is 16.0. The van der Waals surface area contributed by atoms with Crippen LogP contribution in [0.1, 0.15) is 25.3 Å². The van der Waals surface area contributed by atoms with Crippen LogP contribution in [0.2, 0.25) is 0 Å². The van der Waals surface area contributed by atoms with E-state index >= 15 is 0 Å². The molecule has 0 aliphatic carbocycles. The molecular formula is C17H21NO3S. The van der Waals surface area contributed by atoms with Crippen molar-refractivity contribution in [3.63, 3.8) is 0 Å². The molecule has 0 bridgehead atoms. The molecule has 0 saturated carbocycles. The van der Waals surface area contributed by atoms with Gasteiger partial charge in [0.1, 0.15) is 5.75 Å². The Morgan fingerprint density at radius 1 is 1.00 bits per heavy atom. The Labute approximate surface area is 132 Å². The van der Waals surface area contributed by atoms with Gasteiger partial charge in [-0.05, 0) is 49.7 Å². The molecule has 0 spiro atoms. The predicted molar refractivity (Wildman–Crippen MR) is 88.8 cm³/mol. The largest absolute Gasteiger partial charge is 0.494 e. The smallest absolute Gasteiger partial charge is 0.261 e. The number of unbranched alkanes of at least 4 members (excludes halogenated alkanes) is 1. The highest BCUT2D eigenvalue weighted by atomic mass is 32.2. The third-order valence-corrected chi connectivity index (χ3v) is 4.60. The second kappa shape index (κ2) is 7.31. The van der Waals surface area contributed by atoms with Gasteiger partial charge in [-0.1, -0.05) is 31.0 Å². The fourth-order valence-electron chi connectivity index (χ4n) is 1.89. The van der Waals surface area contributed by atoms with E-state index in [-0.39, 0.29) is 4.90 Å². The summed E-state index contributed by atoms with van der Waals surface area (Å²) in [5.74, 6) is 0.742. The van der Waals surface area contributed by atoms with Gasteiger partial charge >= 0.3 is 0 Å². The van der Waals surface area contributed by atoms with Crippen molar-refractivity contribution in [2.24, 2.45) is 0 Å². The second-order valence-corrected chi connectivity index (χ2v) is 6.83. The van der Waals surface area contributed by atoms with Crippen LogP contribution < -0.4 is 9.46 Å². The van der Waals surface area contributed by atoms with Gasteiger partial charge in [0.2, 0.25) is 0 Å². The zero-order valence-corrected chi connectivity index (χ0v) is 13.7. The van der Waals surface area contributed by atoms with E-state index in [4.69, 9.17) is 4.74 Å². The van der Waals surface area contributed by atoms with Crippen LogP contribution in [0.4, 0.5) is 5.69 Å². The van der Waals surface area contributed by atoms with Gasteiger partial charge in [0.25, 0.3) is 10.0 Å². The molecule has 0 radical (unpaired) electrons. The predicted octanol–water partition coefficient (Wildman–Crippen LogP) is 3.97. The van der Waals surface area contributed by atoms with Crippen molar-refractivity contribution < 1.29 is 13.2 Å². The Morgan fingerprint density at radius 2 is 1.64 bits per heavy atom. The van der Waals surface area contributed by atoms with Gasteiger partial charge in [-0.25, -0.2) is 8.42 Å². The van der Waals surface area contributed by atoms with Crippen molar-refractivity contribution in [1.29, 1.82) is 0 Å². The Hall–Kier alpha value is -2.01. The number of nitrogens with one attached hydrogen (secondary N) is 1. The molecule has 0 heterocycles. The summed E-state index contributed by atoms with van der Waals surface area (Å²) in [5.41, 5.74) is 1.54. The van der Waals surface area contributed by atoms with Crippen LogP contribution in [0.5, 0.6) is 5.75 Å². The number of hydrogen-bond donors (Lipinski definition) is 1. The van der Waals surface area contributed by atoms with Crippen molar-refractivity contribution >= 4 is 15.7 Å². The summed E-state index contributed by atoms with van der Waals surface area (Å²) < 4.78 is 32.6. The molecule has 1 N–H and O–H groups in total. The number of rotatable bonds is 7. The minimum atomic E-state index is -3.55. The summed E-state index contributed by atoms with van der Waals surface area (Å²) >= 11 is 0. The topological polar surface area (TPSA) is 55.4 Å². The van der Waals surface area contributed by atoms with E-state index in [9.17, 15) is 8.42 Å². The third-order valence-electron chi connectivity index (χ3n) is 3.20. The van der Waals surface area contributed by atoms with E-state index in [0.29, 0.717) is 12.3 Å². The lowest BCUT2D eigenvalue weighted by Crippen LogP contribution is -2.12. The maximum Gasteiger partial charge on any atom is 0.261 e. The normalized spacial score (nSPS) is 11.2. The minimum absolute atomic E-state index is 0.251. The molecule has 0 fully saturated rings. The fourth-order valence-corrected chi connectivity index (χ4v) is 2.94. The summed E-state index contributed by atoms with van der Waals surface area (Å²) in [6, 6.07) is 13.7. The van der Waals surface area contributed by atoms with E-state index in [1.165, 1.54) is 0 Å². The fraction of sp³-hybridized carbons (Fsp3) is 0.294. The highest BCUT2D eigenvalue weighted by Gasteiger charge is 2.13. The quantitative estimate of drug-likeness (QED) is 0.786. The lowest BCUT2D eigenvalue weighted by molar-refractivity contribution is 0.309. The van der Waals surface area contributed by atoms with Crippen LogP contribution in [-0.4, -0.2) is 15.0 Å². The van der Waals surface area contributed by atoms with Crippen LogP contribution in [0.25, 0.3) is 0 Å². The van der Waals surface area contributed by atoms with Gasteiger partial charge in [-0.3, -0.25) is 4.72 Å². The molecule has 2 rings (SSSR count).